The lowest BCUT2D eigenvalue weighted by molar-refractivity contribution is 0.0977. The lowest BCUT2D eigenvalue weighted by Crippen LogP contribution is -2.34. The highest BCUT2D eigenvalue weighted by Crippen LogP contribution is 2.26. The highest BCUT2D eigenvalue weighted by Gasteiger charge is 2.10. The number of aryl methyl sites for hydroxylation is 1. The molecule has 0 saturated heterocycles. The zero-order valence-electron chi connectivity index (χ0n) is 12.3. The number of rotatable bonds is 3. The Morgan fingerprint density at radius 1 is 1.23 bits per heavy atom. The van der Waals surface area contributed by atoms with Crippen LogP contribution in [0.15, 0.2) is 42.5 Å². The molecule has 1 amide bonds. The van der Waals surface area contributed by atoms with Crippen molar-refractivity contribution in [3.05, 3.63) is 53.6 Å². The fourth-order valence-electron chi connectivity index (χ4n) is 1.93. The molecule has 2 aromatic carbocycles. The molecule has 0 radical (unpaired) electrons. The Hall–Kier alpha value is -2.60. The first-order chi connectivity index (χ1) is 10.5. The van der Waals surface area contributed by atoms with Crippen LogP contribution in [0.5, 0.6) is 5.75 Å². The third kappa shape index (κ3) is 3.95. The third-order valence-electron chi connectivity index (χ3n) is 2.98. The van der Waals surface area contributed by atoms with Crippen LogP contribution in [0.3, 0.4) is 0 Å². The smallest absolute Gasteiger partial charge is 0.257 e. The zero-order valence-corrected chi connectivity index (χ0v) is 13.2. The molecule has 22 heavy (non-hydrogen) atoms. The van der Waals surface area contributed by atoms with Gasteiger partial charge in [0, 0.05) is 17.3 Å². The van der Waals surface area contributed by atoms with Gasteiger partial charge in [-0.25, -0.2) is 0 Å². The summed E-state index contributed by atoms with van der Waals surface area (Å²) < 4.78 is 5.22. The van der Waals surface area contributed by atoms with E-state index in [1.165, 1.54) is 7.11 Å². The van der Waals surface area contributed by atoms with Gasteiger partial charge in [0.15, 0.2) is 5.11 Å². The van der Waals surface area contributed by atoms with E-state index < -0.39 is 0 Å². The molecule has 0 saturated carbocycles. The monoisotopic (exact) mass is 315 g/mol. The number of benzene rings is 2. The molecule has 0 bridgehead atoms. The minimum Gasteiger partial charge on any atom is -0.494 e. The minimum atomic E-state index is -0.268. The number of ether oxygens (including phenoxy) is 1. The molecule has 0 aliphatic heterocycles. The van der Waals surface area contributed by atoms with Crippen LogP contribution < -0.4 is 21.1 Å². The summed E-state index contributed by atoms with van der Waals surface area (Å²) >= 11 is 5.16. The van der Waals surface area contributed by atoms with E-state index in [1.54, 1.807) is 30.3 Å². The van der Waals surface area contributed by atoms with Gasteiger partial charge in [0.1, 0.15) is 5.75 Å². The van der Waals surface area contributed by atoms with Crippen LogP contribution in [0.1, 0.15) is 15.9 Å². The Bertz CT molecular complexity index is 716. The summed E-state index contributed by atoms with van der Waals surface area (Å²) in [6, 6.07) is 12.4. The first kappa shape index (κ1) is 15.8. The Morgan fingerprint density at radius 3 is 2.68 bits per heavy atom. The molecule has 2 rings (SSSR count). The number of carbonyl (C=O) groups excluding carboxylic acids is 1. The van der Waals surface area contributed by atoms with Crippen LogP contribution in [0.4, 0.5) is 11.4 Å². The quantitative estimate of drug-likeness (QED) is 0.600. The van der Waals surface area contributed by atoms with Crippen molar-refractivity contribution in [2.24, 2.45) is 0 Å². The van der Waals surface area contributed by atoms with Crippen LogP contribution in [-0.4, -0.2) is 18.1 Å². The molecule has 0 aliphatic carbocycles. The number of hydrogen-bond donors (Lipinski definition) is 3. The van der Waals surface area contributed by atoms with Crippen molar-refractivity contribution in [2.75, 3.05) is 18.2 Å². The van der Waals surface area contributed by atoms with Crippen molar-refractivity contribution >= 4 is 34.6 Å². The molecule has 0 fully saturated rings. The van der Waals surface area contributed by atoms with Crippen LogP contribution in [0.2, 0.25) is 0 Å². The number of amides is 1. The number of methoxy groups -OCH3 is 1. The van der Waals surface area contributed by atoms with Gasteiger partial charge in [-0.05, 0) is 43.4 Å². The molecule has 0 spiro atoms. The van der Waals surface area contributed by atoms with Gasteiger partial charge in [-0.1, -0.05) is 17.7 Å². The van der Waals surface area contributed by atoms with E-state index >= 15 is 0 Å². The average Bonchev–Trinajstić information content (AvgIpc) is 2.49. The molecule has 0 heterocycles. The van der Waals surface area contributed by atoms with E-state index in [4.69, 9.17) is 22.7 Å². The van der Waals surface area contributed by atoms with Gasteiger partial charge in [0.25, 0.3) is 5.91 Å². The molecule has 2 aromatic rings. The number of nitrogen functional groups attached to an aromatic ring is 1. The fraction of sp³-hybridized carbons (Fsp3) is 0.125. The van der Waals surface area contributed by atoms with Gasteiger partial charge in [-0.15, -0.1) is 0 Å². The molecule has 114 valence electrons. The van der Waals surface area contributed by atoms with E-state index in [2.05, 4.69) is 10.6 Å². The predicted molar refractivity (Wildman–Crippen MR) is 92.3 cm³/mol. The van der Waals surface area contributed by atoms with Crippen molar-refractivity contribution in [3.8, 4) is 5.75 Å². The van der Waals surface area contributed by atoms with Crippen molar-refractivity contribution in [3.63, 3.8) is 0 Å². The third-order valence-corrected chi connectivity index (χ3v) is 3.19. The summed E-state index contributed by atoms with van der Waals surface area (Å²) in [5, 5.41) is 5.74. The average molecular weight is 315 g/mol. The van der Waals surface area contributed by atoms with Crippen LogP contribution in [0.25, 0.3) is 0 Å². The number of nitrogens with two attached hydrogens (primary N) is 1. The SMILES string of the molecule is COc1cc(N)ccc1NC(=S)NC(=O)c1cccc(C)c1. The number of carbonyl (C=O) groups is 1. The minimum absolute atomic E-state index is 0.189. The summed E-state index contributed by atoms with van der Waals surface area (Å²) in [7, 11) is 1.54. The van der Waals surface area contributed by atoms with E-state index in [0.29, 0.717) is 22.7 Å². The molecule has 0 unspecified atom stereocenters. The maximum Gasteiger partial charge on any atom is 0.257 e. The molecular weight excluding hydrogens is 298 g/mol. The predicted octanol–water partition coefficient (Wildman–Crippen LogP) is 2.71. The zero-order chi connectivity index (χ0) is 16.1. The normalized spacial score (nSPS) is 9.91. The van der Waals surface area contributed by atoms with Crippen molar-refractivity contribution in [1.29, 1.82) is 0 Å². The largest absolute Gasteiger partial charge is 0.494 e. The van der Waals surface area contributed by atoms with E-state index in [-0.39, 0.29) is 11.0 Å². The standard InChI is InChI=1S/C16H17N3O2S/c1-10-4-3-5-11(8-10)15(20)19-16(22)18-13-7-6-12(17)9-14(13)21-2/h3-9H,17H2,1-2H3,(H2,18,19,20,22). The lowest BCUT2D eigenvalue weighted by Gasteiger charge is -2.13. The second-order valence-corrected chi connectivity index (χ2v) is 5.15. The maximum absolute atomic E-state index is 12.1. The first-order valence-corrected chi connectivity index (χ1v) is 7.03. The fourth-order valence-corrected chi connectivity index (χ4v) is 2.13. The van der Waals surface area contributed by atoms with E-state index in [0.717, 1.165) is 5.56 Å². The van der Waals surface area contributed by atoms with Gasteiger partial charge in [-0.2, -0.15) is 0 Å². The molecule has 5 nitrogen and oxygen atoms in total. The van der Waals surface area contributed by atoms with Crippen LogP contribution >= 0.6 is 12.2 Å². The molecule has 0 aliphatic rings. The van der Waals surface area contributed by atoms with Crippen LogP contribution in [-0.2, 0) is 0 Å². The topological polar surface area (TPSA) is 76.4 Å². The van der Waals surface area contributed by atoms with E-state index in [1.807, 2.05) is 19.1 Å². The lowest BCUT2D eigenvalue weighted by atomic mass is 10.1. The van der Waals surface area contributed by atoms with Crippen LogP contribution in [0, 0.1) is 6.92 Å². The Morgan fingerprint density at radius 2 is 2.00 bits per heavy atom. The van der Waals surface area contributed by atoms with Gasteiger partial charge < -0.3 is 15.8 Å². The highest BCUT2D eigenvalue weighted by atomic mass is 32.1. The van der Waals surface area contributed by atoms with Gasteiger partial charge in [-0.3, -0.25) is 10.1 Å². The molecule has 0 aromatic heterocycles. The first-order valence-electron chi connectivity index (χ1n) is 6.62. The van der Waals surface area contributed by atoms with Crippen molar-refractivity contribution in [1.82, 2.24) is 5.32 Å². The highest BCUT2D eigenvalue weighted by molar-refractivity contribution is 7.80. The Balaban J connectivity index is 2.06. The summed E-state index contributed by atoms with van der Waals surface area (Å²) in [6.45, 7) is 1.92. The number of nitrogens with one attached hydrogen (secondary N) is 2. The van der Waals surface area contributed by atoms with E-state index in [9.17, 15) is 4.79 Å². The number of thiocarbonyl (C=S) groups is 1. The summed E-state index contributed by atoms with van der Waals surface area (Å²) in [6.07, 6.45) is 0. The summed E-state index contributed by atoms with van der Waals surface area (Å²) in [4.78, 5) is 12.1. The van der Waals surface area contributed by atoms with Crippen molar-refractivity contribution < 1.29 is 9.53 Å². The Kier molecular flexibility index (Phi) is 4.95. The molecule has 0 atom stereocenters. The molecular formula is C16H17N3O2S. The molecule has 4 N–H and O–H groups in total. The second kappa shape index (κ2) is 6.91. The Labute approximate surface area is 134 Å². The maximum atomic E-state index is 12.1. The number of hydrogen-bond acceptors (Lipinski definition) is 4. The van der Waals surface area contributed by atoms with Crippen molar-refractivity contribution in [2.45, 2.75) is 6.92 Å². The van der Waals surface area contributed by atoms with Gasteiger partial charge in [0.2, 0.25) is 0 Å². The number of anilines is 2. The van der Waals surface area contributed by atoms with Gasteiger partial charge in [0.05, 0.1) is 12.8 Å². The second-order valence-electron chi connectivity index (χ2n) is 4.74. The molecule has 6 heteroatoms. The summed E-state index contributed by atoms with van der Waals surface area (Å²) in [5.74, 6) is 0.280. The summed E-state index contributed by atoms with van der Waals surface area (Å²) in [5.41, 5.74) is 8.46. The van der Waals surface area contributed by atoms with Gasteiger partial charge >= 0.3 is 0 Å².